The fraction of sp³-hybridized carbons (Fsp3) is 0.600. The first kappa shape index (κ1) is 19.3. The van der Waals surface area contributed by atoms with E-state index in [9.17, 15) is 10.1 Å². The molecule has 3 atom stereocenters. The zero-order valence-corrected chi connectivity index (χ0v) is 15.5. The van der Waals surface area contributed by atoms with E-state index in [1.807, 2.05) is 38.1 Å². The van der Waals surface area contributed by atoms with E-state index in [0.29, 0.717) is 12.4 Å². The van der Waals surface area contributed by atoms with Crippen LogP contribution in [0, 0.1) is 23.2 Å². The van der Waals surface area contributed by atoms with Crippen LogP contribution in [0.3, 0.4) is 0 Å². The van der Waals surface area contributed by atoms with Gasteiger partial charge in [0.2, 0.25) is 0 Å². The second-order valence-electron chi connectivity index (χ2n) is 6.99. The lowest BCUT2D eigenvalue weighted by molar-refractivity contribution is -0.148. The minimum Gasteiger partial charge on any atom is -0.496 e. The number of carbonyl (C=O) groups is 1. The largest absolute Gasteiger partial charge is 0.496 e. The Labute approximate surface area is 149 Å². The molecule has 0 aliphatic carbocycles. The lowest BCUT2D eigenvalue weighted by atomic mass is 9.71. The van der Waals surface area contributed by atoms with Gasteiger partial charge in [-0.3, -0.25) is 4.79 Å². The lowest BCUT2D eigenvalue weighted by Crippen LogP contribution is -2.39. The third-order valence-corrected chi connectivity index (χ3v) is 4.78. The van der Waals surface area contributed by atoms with Crippen LogP contribution in [-0.4, -0.2) is 31.9 Å². The van der Waals surface area contributed by atoms with Crippen molar-refractivity contribution in [1.29, 1.82) is 5.26 Å². The normalized spacial score (nSPS) is 21.6. The van der Waals surface area contributed by atoms with Crippen molar-refractivity contribution in [2.24, 2.45) is 11.8 Å². The molecular weight excluding hydrogens is 318 g/mol. The average Bonchev–Trinajstić information content (AvgIpc) is 2.58. The van der Waals surface area contributed by atoms with Crippen molar-refractivity contribution in [3.8, 4) is 11.8 Å². The van der Waals surface area contributed by atoms with Crippen LogP contribution in [0.2, 0.25) is 0 Å². The minimum atomic E-state index is -0.866. The van der Waals surface area contributed by atoms with Crippen molar-refractivity contribution in [3.63, 3.8) is 0 Å². The molecular formula is C20H27NO4. The Morgan fingerprint density at radius 1 is 1.44 bits per heavy atom. The van der Waals surface area contributed by atoms with Gasteiger partial charge in [0.05, 0.1) is 25.4 Å². The Morgan fingerprint density at radius 3 is 2.76 bits per heavy atom. The fourth-order valence-corrected chi connectivity index (χ4v) is 3.74. The van der Waals surface area contributed by atoms with Crippen molar-refractivity contribution in [1.82, 2.24) is 0 Å². The van der Waals surface area contributed by atoms with Crippen molar-refractivity contribution >= 4 is 5.97 Å². The molecule has 1 aromatic carbocycles. The second kappa shape index (κ2) is 8.35. The van der Waals surface area contributed by atoms with Gasteiger partial charge >= 0.3 is 5.97 Å². The lowest BCUT2D eigenvalue weighted by Gasteiger charge is -2.40. The van der Waals surface area contributed by atoms with Gasteiger partial charge in [-0.05, 0) is 51.2 Å². The van der Waals surface area contributed by atoms with Crippen molar-refractivity contribution in [2.75, 3.05) is 20.3 Å². The molecule has 0 saturated carbocycles. The highest BCUT2D eigenvalue weighted by Gasteiger charge is 2.42. The van der Waals surface area contributed by atoms with Gasteiger partial charge in [-0.1, -0.05) is 18.2 Å². The number of para-hydroxylation sites is 1. The van der Waals surface area contributed by atoms with Gasteiger partial charge in [0.15, 0.2) is 5.92 Å². The van der Waals surface area contributed by atoms with Crippen LogP contribution in [-0.2, 0) is 14.3 Å². The SMILES string of the molecule is CCOC(=O)[C@H](C#N)[C@H](c1ccccc1OC)[C@@H]1CCOC(C)(C)C1. The quantitative estimate of drug-likeness (QED) is 0.736. The highest BCUT2D eigenvalue weighted by molar-refractivity contribution is 5.77. The zero-order chi connectivity index (χ0) is 18.4. The van der Waals surface area contributed by atoms with E-state index in [4.69, 9.17) is 14.2 Å². The molecule has 2 rings (SSSR count). The first-order chi connectivity index (χ1) is 11.9. The number of nitrogens with zero attached hydrogens (tertiary/aromatic N) is 1. The molecule has 1 aromatic rings. The summed E-state index contributed by atoms with van der Waals surface area (Å²) in [4.78, 5) is 12.5. The summed E-state index contributed by atoms with van der Waals surface area (Å²) in [6, 6.07) is 9.80. The summed E-state index contributed by atoms with van der Waals surface area (Å²) in [6.45, 7) is 6.72. The molecule has 1 heterocycles. The zero-order valence-electron chi connectivity index (χ0n) is 15.5. The number of hydrogen-bond donors (Lipinski definition) is 0. The number of esters is 1. The standard InChI is InChI=1S/C20H27NO4/c1-5-24-19(22)16(13-21)18(14-10-11-25-20(2,3)12-14)15-8-6-7-9-17(15)23-4/h6-9,14,16,18H,5,10-12H2,1-4H3/t14-,16-,18+/m1/s1. The maximum atomic E-state index is 12.5. The highest BCUT2D eigenvalue weighted by Crippen LogP contribution is 2.45. The Balaban J connectivity index is 2.47. The molecule has 1 fully saturated rings. The van der Waals surface area contributed by atoms with Crippen LogP contribution in [0.5, 0.6) is 5.75 Å². The predicted molar refractivity (Wildman–Crippen MR) is 94.2 cm³/mol. The molecule has 136 valence electrons. The third kappa shape index (κ3) is 4.52. The van der Waals surface area contributed by atoms with Crippen LogP contribution in [0.15, 0.2) is 24.3 Å². The number of carbonyl (C=O) groups excluding carboxylic acids is 1. The Morgan fingerprint density at radius 2 is 2.16 bits per heavy atom. The summed E-state index contributed by atoms with van der Waals surface area (Å²) >= 11 is 0. The maximum Gasteiger partial charge on any atom is 0.323 e. The van der Waals surface area contributed by atoms with Crippen molar-refractivity contribution in [3.05, 3.63) is 29.8 Å². The third-order valence-electron chi connectivity index (χ3n) is 4.78. The van der Waals surface area contributed by atoms with Crippen LogP contribution in [0.25, 0.3) is 0 Å². The van der Waals surface area contributed by atoms with Crippen LogP contribution < -0.4 is 4.74 Å². The summed E-state index contributed by atoms with van der Waals surface area (Å²) in [7, 11) is 1.61. The Kier molecular flexibility index (Phi) is 6.44. The predicted octanol–water partition coefficient (Wildman–Crippen LogP) is 3.69. The number of nitriles is 1. The Hall–Kier alpha value is -2.06. The van der Waals surface area contributed by atoms with Gasteiger partial charge in [-0.2, -0.15) is 5.26 Å². The van der Waals surface area contributed by atoms with Crippen molar-refractivity contribution in [2.45, 2.75) is 45.1 Å². The molecule has 5 nitrogen and oxygen atoms in total. The maximum absolute atomic E-state index is 12.5. The second-order valence-corrected chi connectivity index (χ2v) is 6.99. The molecule has 0 radical (unpaired) electrons. The monoisotopic (exact) mass is 345 g/mol. The summed E-state index contributed by atoms with van der Waals surface area (Å²) in [5, 5.41) is 9.76. The molecule has 1 saturated heterocycles. The number of benzene rings is 1. The van der Waals surface area contributed by atoms with E-state index in [1.165, 1.54) is 0 Å². The van der Waals surface area contributed by atoms with Crippen LogP contribution >= 0.6 is 0 Å². The topological polar surface area (TPSA) is 68.6 Å². The van der Waals surface area contributed by atoms with Crippen LogP contribution in [0.1, 0.15) is 45.1 Å². The van der Waals surface area contributed by atoms with Crippen molar-refractivity contribution < 1.29 is 19.0 Å². The molecule has 0 amide bonds. The van der Waals surface area contributed by atoms with Gasteiger partial charge < -0.3 is 14.2 Å². The van der Waals surface area contributed by atoms with E-state index in [-0.39, 0.29) is 24.0 Å². The molecule has 0 spiro atoms. The highest BCUT2D eigenvalue weighted by atomic mass is 16.5. The molecule has 1 aliphatic heterocycles. The molecule has 1 aliphatic rings. The van der Waals surface area contributed by atoms with E-state index < -0.39 is 11.9 Å². The molecule has 0 N–H and O–H groups in total. The number of hydrogen-bond acceptors (Lipinski definition) is 5. The minimum absolute atomic E-state index is 0.133. The number of methoxy groups -OCH3 is 1. The smallest absolute Gasteiger partial charge is 0.323 e. The van der Waals surface area contributed by atoms with E-state index in [0.717, 1.165) is 18.4 Å². The van der Waals surface area contributed by atoms with Gasteiger partial charge in [0, 0.05) is 12.5 Å². The van der Waals surface area contributed by atoms with Gasteiger partial charge in [-0.15, -0.1) is 0 Å². The van der Waals surface area contributed by atoms with Gasteiger partial charge in [0.1, 0.15) is 5.75 Å². The summed E-state index contributed by atoms with van der Waals surface area (Å²) in [5.41, 5.74) is 0.602. The van der Waals surface area contributed by atoms with Gasteiger partial charge in [-0.25, -0.2) is 0 Å². The summed E-state index contributed by atoms with van der Waals surface area (Å²) in [6.07, 6.45) is 1.57. The molecule has 0 aromatic heterocycles. The van der Waals surface area contributed by atoms with E-state index >= 15 is 0 Å². The average molecular weight is 345 g/mol. The summed E-state index contributed by atoms with van der Waals surface area (Å²) in [5.74, 6) is -0.792. The number of ether oxygens (including phenoxy) is 3. The first-order valence-corrected chi connectivity index (χ1v) is 8.76. The van der Waals surface area contributed by atoms with Gasteiger partial charge in [0.25, 0.3) is 0 Å². The first-order valence-electron chi connectivity index (χ1n) is 8.76. The number of rotatable bonds is 6. The molecule has 0 bridgehead atoms. The fourth-order valence-electron chi connectivity index (χ4n) is 3.74. The molecule has 5 heteroatoms. The van der Waals surface area contributed by atoms with Crippen LogP contribution in [0.4, 0.5) is 0 Å². The Bertz CT molecular complexity index is 635. The molecule has 0 unspecified atom stereocenters. The molecule has 25 heavy (non-hydrogen) atoms. The van der Waals surface area contributed by atoms with E-state index in [2.05, 4.69) is 6.07 Å². The summed E-state index contributed by atoms with van der Waals surface area (Å²) < 4.78 is 16.5. The van der Waals surface area contributed by atoms with E-state index in [1.54, 1.807) is 14.0 Å².